The van der Waals surface area contributed by atoms with Gasteiger partial charge in [-0.1, -0.05) is 59.6 Å². The zero-order valence-electron chi connectivity index (χ0n) is 16.7. The second-order valence-electron chi connectivity index (χ2n) is 7.27. The Morgan fingerprint density at radius 3 is 2.47 bits per heavy atom. The maximum atomic E-state index is 12.5. The van der Waals surface area contributed by atoms with Crippen molar-refractivity contribution >= 4 is 35.1 Å². The minimum Gasteiger partial charge on any atom is -0.351 e. The second-order valence-corrected chi connectivity index (χ2v) is 8.12. The van der Waals surface area contributed by atoms with Crippen molar-refractivity contribution in [3.05, 3.63) is 69.7 Å². The van der Waals surface area contributed by atoms with Crippen LogP contribution in [0.1, 0.15) is 17.5 Å². The molecule has 2 N–H and O–H groups in total. The molecule has 1 aliphatic heterocycles. The molecule has 3 amide bonds. The Hall–Kier alpha value is -2.28. The normalized spacial score (nSPS) is 14.8. The summed E-state index contributed by atoms with van der Waals surface area (Å²) in [5.41, 5.74) is 1.89. The average molecular weight is 449 g/mol. The number of carbonyl (C=O) groups is 2. The predicted octanol–water partition coefficient (Wildman–Crippen LogP) is 3.53. The van der Waals surface area contributed by atoms with Gasteiger partial charge in [-0.05, 0) is 29.7 Å². The lowest BCUT2D eigenvalue weighted by Gasteiger charge is -2.22. The SMILES string of the molecule is O=C(CN1CCCN(C(=O)NCc2ccc(Cl)cc2Cl)CC1)NCc1ccccc1. The number of nitrogens with one attached hydrogen (secondary N) is 2. The smallest absolute Gasteiger partial charge is 0.317 e. The lowest BCUT2D eigenvalue weighted by Crippen LogP contribution is -2.43. The summed E-state index contributed by atoms with van der Waals surface area (Å²) >= 11 is 12.1. The summed E-state index contributed by atoms with van der Waals surface area (Å²) < 4.78 is 0. The quantitative estimate of drug-likeness (QED) is 0.710. The van der Waals surface area contributed by atoms with E-state index in [0.717, 1.165) is 24.1 Å². The van der Waals surface area contributed by atoms with Gasteiger partial charge in [-0.3, -0.25) is 9.69 Å². The standard InChI is InChI=1S/C22H26Cl2N4O2/c23-19-8-7-18(20(24)13-19)15-26-22(30)28-10-4-9-27(11-12-28)16-21(29)25-14-17-5-2-1-3-6-17/h1-3,5-8,13H,4,9-12,14-16H2,(H,25,29)(H,26,30). The van der Waals surface area contributed by atoms with Gasteiger partial charge in [0.25, 0.3) is 0 Å². The number of nitrogens with zero attached hydrogens (tertiary/aromatic N) is 2. The van der Waals surface area contributed by atoms with E-state index >= 15 is 0 Å². The summed E-state index contributed by atoms with van der Waals surface area (Å²) in [5.74, 6) is -0.00543. The summed E-state index contributed by atoms with van der Waals surface area (Å²) in [5, 5.41) is 6.96. The van der Waals surface area contributed by atoms with Gasteiger partial charge in [0.15, 0.2) is 0 Å². The van der Waals surface area contributed by atoms with Crippen molar-refractivity contribution in [1.29, 1.82) is 0 Å². The average Bonchev–Trinajstić information content (AvgIpc) is 2.98. The van der Waals surface area contributed by atoms with Gasteiger partial charge in [-0.2, -0.15) is 0 Å². The molecule has 0 unspecified atom stereocenters. The fourth-order valence-electron chi connectivity index (χ4n) is 3.34. The van der Waals surface area contributed by atoms with E-state index in [1.54, 1.807) is 17.0 Å². The van der Waals surface area contributed by atoms with Crippen LogP contribution >= 0.6 is 23.2 Å². The maximum absolute atomic E-state index is 12.5. The number of carbonyl (C=O) groups excluding carboxylic acids is 2. The summed E-state index contributed by atoms with van der Waals surface area (Å²) in [7, 11) is 0. The number of benzene rings is 2. The van der Waals surface area contributed by atoms with Crippen LogP contribution in [0.25, 0.3) is 0 Å². The van der Waals surface area contributed by atoms with Crippen LogP contribution in [-0.4, -0.2) is 54.5 Å². The van der Waals surface area contributed by atoms with Crippen molar-refractivity contribution in [2.75, 3.05) is 32.7 Å². The molecule has 0 aromatic heterocycles. The number of rotatable bonds is 6. The minimum absolute atomic E-state index is 0.00543. The number of hydrogen-bond acceptors (Lipinski definition) is 3. The van der Waals surface area contributed by atoms with Gasteiger partial charge >= 0.3 is 6.03 Å². The molecule has 0 spiro atoms. The highest BCUT2D eigenvalue weighted by Gasteiger charge is 2.20. The number of amides is 3. The Labute approximate surface area is 187 Å². The number of urea groups is 1. The predicted molar refractivity (Wildman–Crippen MR) is 120 cm³/mol. The van der Waals surface area contributed by atoms with Crippen LogP contribution in [0.2, 0.25) is 10.0 Å². The molecule has 1 saturated heterocycles. The van der Waals surface area contributed by atoms with Crippen LogP contribution in [0.3, 0.4) is 0 Å². The van der Waals surface area contributed by atoms with E-state index < -0.39 is 0 Å². The Balaban J connectivity index is 1.41. The molecule has 0 atom stereocenters. The van der Waals surface area contributed by atoms with Crippen LogP contribution in [-0.2, 0) is 17.9 Å². The third-order valence-electron chi connectivity index (χ3n) is 5.02. The molecule has 3 rings (SSSR count). The Bertz CT molecular complexity index is 863. The molecule has 2 aromatic rings. The zero-order valence-corrected chi connectivity index (χ0v) is 18.3. The third kappa shape index (κ3) is 6.90. The van der Waals surface area contributed by atoms with E-state index in [4.69, 9.17) is 23.2 Å². The van der Waals surface area contributed by atoms with Crippen molar-refractivity contribution in [1.82, 2.24) is 20.4 Å². The molecule has 0 bridgehead atoms. The fraction of sp³-hybridized carbons (Fsp3) is 0.364. The van der Waals surface area contributed by atoms with Gasteiger partial charge in [-0.25, -0.2) is 4.79 Å². The first-order valence-electron chi connectivity index (χ1n) is 10.0. The van der Waals surface area contributed by atoms with Crippen LogP contribution < -0.4 is 10.6 Å². The summed E-state index contributed by atoms with van der Waals surface area (Å²) in [6.07, 6.45) is 0.821. The van der Waals surface area contributed by atoms with Crippen molar-refractivity contribution in [2.24, 2.45) is 0 Å². The number of halogens is 2. The molecule has 6 nitrogen and oxygen atoms in total. The highest BCUT2D eigenvalue weighted by Crippen LogP contribution is 2.20. The zero-order chi connectivity index (χ0) is 21.3. The third-order valence-corrected chi connectivity index (χ3v) is 5.61. The van der Waals surface area contributed by atoms with Gasteiger partial charge in [0.2, 0.25) is 5.91 Å². The van der Waals surface area contributed by atoms with E-state index in [-0.39, 0.29) is 11.9 Å². The van der Waals surface area contributed by atoms with Gasteiger partial charge < -0.3 is 15.5 Å². The van der Waals surface area contributed by atoms with E-state index in [9.17, 15) is 9.59 Å². The fourth-order valence-corrected chi connectivity index (χ4v) is 3.81. The maximum Gasteiger partial charge on any atom is 0.317 e. The van der Waals surface area contributed by atoms with Gasteiger partial charge in [0.1, 0.15) is 0 Å². The van der Waals surface area contributed by atoms with Crippen LogP contribution in [0.4, 0.5) is 4.79 Å². The Morgan fingerprint density at radius 2 is 1.70 bits per heavy atom. The van der Waals surface area contributed by atoms with Gasteiger partial charge in [0.05, 0.1) is 6.54 Å². The molecule has 1 fully saturated rings. The lowest BCUT2D eigenvalue weighted by molar-refractivity contribution is -0.122. The van der Waals surface area contributed by atoms with Crippen molar-refractivity contribution in [2.45, 2.75) is 19.5 Å². The van der Waals surface area contributed by atoms with E-state index in [1.165, 1.54) is 0 Å². The Kier molecular flexibility index (Phi) is 8.37. The van der Waals surface area contributed by atoms with Crippen LogP contribution in [0.5, 0.6) is 0 Å². The first-order chi connectivity index (χ1) is 14.5. The molecule has 2 aromatic carbocycles. The molecule has 1 aliphatic rings. The molecular weight excluding hydrogens is 423 g/mol. The number of hydrogen-bond donors (Lipinski definition) is 2. The van der Waals surface area contributed by atoms with Crippen molar-refractivity contribution < 1.29 is 9.59 Å². The lowest BCUT2D eigenvalue weighted by atomic mass is 10.2. The molecule has 1 heterocycles. The highest BCUT2D eigenvalue weighted by molar-refractivity contribution is 6.35. The second kappa shape index (κ2) is 11.2. The molecule has 0 radical (unpaired) electrons. The van der Waals surface area contributed by atoms with Crippen LogP contribution in [0.15, 0.2) is 48.5 Å². The van der Waals surface area contributed by atoms with Crippen LogP contribution in [0, 0.1) is 0 Å². The van der Waals surface area contributed by atoms with Gasteiger partial charge in [-0.15, -0.1) is 0 Å². The molecule has 0 aliphatic carbocycles. The monoisotopic (exact) mass is 448 g/mol. The first kappa shape index (κ1) is 22.4. The summed E-state index contributed by atoms with van der Waals surface area (Å²) in [6.45, 7) is 3.88. The molecular formula is C22H26Cl2N4O2. The summed E-state index contributed by atoms with van der Waals surface area (Å²) in [4.78, 5) is 28.7. The van der Waals surface area contributed by atoms with E-state index in [2.05, 4.69) is 15.5 Å². The molecule has 160 valence electrons. The molecule has 30 heavy (non-hydrogen) atoms. The minimum atomic E-state index is -0.128. The van der Waals surface area contributed by atoms with Crippen molar-refractivity contribution in [3.63, 3.8) is 0 Å². The van der Waals surface area contributed by atoms with Gasteiger partial charge in [0, 0.05) is 49.3 Å². The van der Waals surface area contributed by atoms with E-state index in [1.807, 2.05) is 36.4 Å². The topological polar surface area (TPSA) is 64.7 Å². The van der Waals surface area contributed by atoms with Crippen molar-refractivity contribution in [3.8, 4) is 0 Å². The molecule has 8 heteroatoms. The Morgan fingerprint density at radius 1 is 0.900 bits per heavy atom. The summed E-state index contributed by atoms with van der Waals surface area (Å²) in [6, 6.07) is 14.9. The van der Waals surface area contributed by atoms with E-state index in [0.29, 0.717) is 49.3 Å². The highest BCUT2D eigenvalue weighted by atomic mass is 35.5. The largest absolute Gasteiger partial charge is 0.351 e. The first-order valence-corrected chi connectivity index (χ1v) is 10.8. The molecule has 0 saturated carbocycles.